The van der Waals surface area contributed by atoms with E-state index in [1.54, 1.807) is 6.07 Å². The molecule has 19 heavy (non-hydrogen) atoms. The molecule has 1 atom stereocenters. The molecule has 0 spiro atoms. The molecule has 1 unspecified atom stereocenters. The molecule has 1 aromatic heterocycles. The molecular formula is C15H18FN3. The quantitative estimate of drug-likeness (QED) is 0.858. The lowest BCUT2D eigenvalue weighted by atomic mass is 10.0. The maximum atomic E-state index is 13.3. The van der Waals surface area contributed by atoms with Crippen LogP contribution in [0.3, 0.4) is 0 Å². The van der Waals surface area contributed by atoms with E-state index in [1.165, 1.54) is 12.1 Å². The van der Waals surface area contributed by atoms with Gasteiger partial charge in [0, 0.05) is 6.07 Å². The SMILES string of the molecule is C#CCn1c(C(N)CC(C)C)nc2cc(F)ccc21. The summed E-state index contributed by atoms with van der Waals surface area (Å²) in [6, 6.07) is 4.33. The fourth-order valence-corrected chi connectivity index (χ4v) is 2.28. The maximum absolute atomic E-state index is 13.3. The van der Waals surface area contributed by atoms with Gasteiger partial charge in [-0.15, -0.1) is 6.42 Å². The van der Waals surface area contributed by atoms with Gasteiger partial charge in [0.1, 0.15) is 11.6 Å². The van der Waals surface area contributed by atoms with Crippen molar-refractivity contribution in [1.82, 2.24) is 9.55 Å². The fraction of sp³-hybridized carbons (Fsp3) is 0.400. The summed E-state index contributed by atoms with van der Waals surface area (Å²) >= 11 is 0. The molecule has 0 saturated carbocycles. The van der Waals surface area contributed by atoms with Crippen LogP contribution in [-0.4, -0.2) is 9.55 Å². The van der Waals surface area contributed by atoms with Crippen LogP contribution in [0.15, 0.2) is 18.2 Å². The predicted molar refractivity (Wildman–Crippen MR) is 74.9 cm³/mol. The number of rotatable bonds is 4. The van der Waals surface area contributed by atoms with Crippen molar-refractivity contribution in [1.29, 1.82) is 0 Å². The minimum atomic E-state index is -0.304. The van der Waals surface area contributed by atoms with Crippen molar-refractivity contribution in [3.8, 4) is 12.3 Å². The van der Waals surface area contributed by atoms with Gasteiger partial charge in [-0.3, -0.25) is 0 Å². The molecule has 4 heteroatoms. The normalized spacial score (nSPS) is 12.8. The summed E-state index contributed by atoms with van der Waals surface area (Å²) < 4.78 is 15.1. The molecule has 0 aliphatic carbocycles. The molecule has 1 heterocycles. The highest BCUT2D eigenvalue weighted by Crippen LogP contribution is 2.24. The zero-order valence-electron chi connectivity index (χ0n) is 11.2. The molecule has 0 saturated heterocycles. The Hall–Kier alpha value is -1.86. The van der Waals surface area contributed by atoms with E-state index in [0.29, 0.717) is 18.0 Å². The van der Waals surface area contributed by atoms with Crippen molar-refractivity contribution >= 4 is 11.0 Å². The van der Waals surface area contributed by atoms with E-state index in [-0.39, 0.29) is 11.9 Å². The lowest BCUT2D eigenvalue weighted by Gasteiger charge is -2.15. The van der Waals surface area contributed by atoms with Gasteiger partial charge in [0.25, 0.3) is 0 Å². The van der Waals surface area contributed by atoms with Crippen LogP contribution in [0, 0.1) is 24.1 Å². The van der Waals surface area contributed by atoms with E-state index in [9.17, 15) is 4.39 Å². The van der Waals surface area contributed by atoms with E-state index in [4.69, 9.17) is 12.2 Å². The summed E-state index contributed by atoms with van der Waals surface area (Å²) in [7, 11) is 0. The highest BCUT2D eigenvalue weighted by Gasteiger charge is 2.17. The highest BCUT2D eigenvalue weighted by molar-refractivity contribution is 5.76. The van der Waals surface area contributed by atoms with Crippen LogP contribution in [0.4, 0.5) is 4.39 Å². The smallest absolute Gasteiger partial charge is 0.127 e. The molecule has 2 N–H and O–H groups in total. The number of benzene rings is 1. The number of halogens is 1. The Kier molecular flexibility index (Phi) is 3.87. The first-order valence-corrected chi connectivity index (χ1v) is 6.37. The molecule has 0 aliphatic rings. The van der Waals surface area contributed by atoms with Gasteiger partial charge >= 0.3 is 0 Å². The van der Waals surface area contributed by atoms with Gasteiger partial charge in [-0.05, 0) is 24.5 Å². The molecule has 1 aromatic carbocycles. The number of nitrogens with zero attached hydrogens (tertiary/aromatic N) is 2. The molecule has 0 aliphatic heterocycles. The molecule has 2 rings (SSSR count). The van der Waals surface area contributed by atoms with Crippen LogP contribution < -0.4 is 5.73 Å². The van der Waals surface area contributed by atoms with Crippen molar-refractivity contribution in [2.24, 2.45) is 11.7 Å². The minimum absolute atomic E-state index is 0.191. The summed E-state index contributed by atoms with van der Waals surface area (Å²) in [5.74, 6) is 3.49. The number of aromatic nitrogens is 2. The van der Waals surface area contributed by atoms with E-state index >= 15 is 0 Å². The van der Waals surface area contributed by atoms with Crippen LogP contribution >= 0.6 is 0 Å². The van der Waals surface area contributed by atoms with E-state index in [1.807, 2.05) is 4.57 Å². The summed E-state index contributed by atoms with van der Waals surface area (Å²) in [6.07, 6.45) is 6.21. The third-order valence-electron chi connectivity index (χ3n) is 3.05. The first-order valence-electron chi connectivity index (χ1n) is 6.37. The molecule has 0 amide bonds. The molecular weight excluding hydrogens is 241 g/mol. The van der Waals surface area contributed by atoms with Crippen molar-refractivity contribution < 1.29 is 4.39 Å². The van der Waals surface area contributed by atoms with Crippen molar-refractivity contribution in [3.05, 3.63) is 29.8 Å². The molecule has 0 radical (unpaired) electrons. The highest BCUT2D eigenvalue weighted by atomic mass is 19.1. The molecule has 100 valence electrons. The van der Waals surface area contributed by atoms with Crippen LogP contribution in [0.25, 0.3) is 11.0 Å². The lowest BCUT2D eigenvalue weighted by molar-refractivity contribution is 0.483. The second-order valence-corrected chi connectivity index (χ2v) is 5.13. The second-order valence-electron chi connectivity index (χ2n) is 5.13. The van der Waals surface area contributed by atoms with E-state index in [2.05, 4.69) is 24.8 Å². The van der Waals surface area contributed by atoms with Crippen molar-refractivity contribution in [2.45, 2.75) is 32.9 Å². The third-order valence-corrected chi connectivity index (χ3v) is 3.05. The van der Waals surface area contributed by atoms with Gasteiger partial charge in [-0.1, -0.05) is 19.8 Å². The number of terminal acetylenes is 1. The standard InChI is InChI=1S/C15H18FN3/c1-4-7-19-14-6-5-11(16)9-13(14)18-15(19)12(17)8-10(2)3/h1,5-6,9-10,12H,7-8,17H2,2-3H3. The summed E-state index contributed by atoms with van der Waals surface area (Å²) in [5, 5.41) is 0. The van der Waals surface area contributed by atoms with Crippen LogP contribution in [0.2, 0.25) is 0 Å². The Labute approximate surface area is 112 Å². The molecule has 0 bridgehead atoms. The lowest BCUT2D eigenvalue weighted by Crippen LogP contribution is -2.18. The van der Waals surface area contributed by atoms with Gasteiger partial charge in [-0.2, -0.15) is 0 Å². The zero-order chi connectivity index (χ0) is 14.0. The molecule has 0 fully saturated rings. The average Bonchev–Trinajstić information content (AvgIpc) is 2.67. The Morgan fingerprint density at radius 3 is 2.84 bits per heavy atom. The van der Waals surface area contributed by atoms with Crippen LogP contribution in [-0.2, 0) is 6.54 Å². The summed E-state index contributed by atoms with van der Waals surface area (Å²) in [4.78, 5) is 4.45. The summed E-state index contributed by atoms with van der Waals surface area (Å²) in [5.41, 5.74) is 7.61. The minimum Gasteiger partial charge on any atom is -0.321 e. The topological polar surface area (TPSA) is 43.8 Å². The Morgan fingerprint density at radius 1 is 1.47 bits per heavy atom. The zero-order valence-corrected chi connectivity index (χ0v) is 11.2. The van der Waals surface area contributed by atoms with Crippen molar-refractivity contribution in [3.63, 3.8) is 0 Å². The Balaban J connectivity index is 2.53. The number of fused-ring (bicyclic) bond motifs is 1. The first-order chi connectivity index (χ1) is 9.02. The molecule has 2 aromatic rings. The van der Waals surface area contributed by atoms with Gasteiger partial charge in [0.15, 0.2) is 0 Å². The maximum Gasteiger partial charge on any atom is 0.127 e. The predicted octanol–water partition coefficient (Wildman–Crippen LogP) is 2.85. The fourth-order valence-electron chi connectivity index (χ4n) is 2.28. The monoisotopic (exact) mass is 259 g/mol. The summed E-state index contributed by atoms with van der Waals surface area (Å²) in [6.45, 7) is 4.60. The number of hydrogen-bond acceptors (Lipinski definition) is 2. The van der Waals surface area contributed by atoms with Crippen LogP contribution in [0.5, 0.6) is 0 Å². The number of imidazole rings is 1. The molecule has 3 nitrogen and oxygen atoms in total. The van der Waals surface area contributed by atoms with Crippen molar-refractivity contribution in [2.75, 3.05) is 0 Å². The second kappa shape index (κ2) is 5.41. The van der Waals surface area contributed by atoms with Gasteiger partial charge in [0.2, 0.25) is 0 Å². The average molecular weight is 259 g/mol. The number of hydrogen-bond donors (Lipinski definition) is 1. The van der Waals surface area contributed by atoms with Gasteiger partial charge < -0.3 is 10.3 Å². The van der Waals surface area contributed by atoms with Gasteiger partial charge in [-0.25, -0.2) is 9.37 Å². The Morgan fingerprint density at radius 2 is 2.21 bits per heavy atom. The third kappa shape index (κ3) is 2.77. The Bertz CT molecular complexity index is 622. The largest absolute Gasteiger partial charge is 0.321 e. The van der Waals surface area contributed by atoms with Gasteiger partial charge in [0.05, 0.1) is 23.6 Å². The first kappa shape index (κ1) is 13.6. The van der Waals surface area contributed by atoms with Crippen LogP contribution in [0.1, 0.15) is 32.1 Å². The number of nitrogens with two attached hydrogens (primary N) is 1. The van der Waals surface area contributed by atoms with E-state index < -0.39 is 0 Å². The van der Waals surface area contributed by atoms with E-state index in [0.717, 1.165) is 17.8 Å².